The zero-order valence-corrected chi connectivity index (χ0v) is 32.6. The smallest absolute Gasteiger partial charge is 0.160 e. The third-order valence-corrected chi connectivity index (χ3v) is 11.9. The summed E-state index contributed by atoms with van der Waals surface area (Å²) < 4.78 is 4.85. The van der Waals surface area contributed by atoms with Gasteiger partial charge in [-0.05, 0) is 71.1 Å². The minimum Gasteiger partial charge on any atom is -0.309 e. The van der Waals surface area contributed by atoms with Crippen LogP contribution in [0.5, 0.6) is 0 Å². The number of rotatable bonds is 6. The normalized spacial score (nSPS) is 11.7. The number of hydrogen-bond acceptors (Lipinski definition) is 2. The Morgan fingerprint density at radius 1 is 0.300 bits per heavy atom. The van der Waals surface area contributed by atoms with Crippen molar-refractivity contribution in [3.63, 3.8) is 0 Å². The Morgan fingerprint density at radius 3 is 1.47 bits per heavy atom. The van der Waals surface area contributed by atoms with Gasteiger partial charge in [-0.3, -0.25) is 0 Å². The van der Waals surface area contributed by atoms with E-state index in [2.05, 4.69) is 215 Å². The summed E-state index contributed by atoms with van der Waals surface area (Å²) in [5.74, 6) is 0.694. The molecule has 0 fully saturated rings. The maximum Gasteiger partial charge on any atom is 0.160 e. The highest BCUT2D eigenvalue weighted by Crippen LogP contribution is 2.43. The van der Waals surface area contributed by atoms with Crippen molar-refractivity contribution < 1.29 is 0 Å². The molecular formula is C56H36N4. The van der Waals surface area contributed by atoms with Crippen LogP contribution in [0, 0.1) is 0 Å². The molecule has 0 aliphatic heterocycles. The second kappa shape index (κ2) is 13.8. The van der Waals surface area contributed by atoms with Crippen LogP contribution in [0.3, 0.4) is 0 Å². The lowest BCUT2D eigenvalue weighted by Crippen LogP contribution is -1.97. The van der Waals surface area contributed by atoms with Crippen LogP contribution in [0.1, 0.15) is 0 Å². The molecule has 0 N–H and O–H groups in total. The monoisotopic (exact) mass is 764 g/mol. The first-order valence-electron chi connectivity index (χ1n) is 20.4. The first kappa shape index (κ1) is 34.0. The second-order valence-electron chi connectivity index (χ2n) is 15.4. The number of fused-ring (bicyclic) bond motifs is 8. The van der Waals surface area contributed by atoms with Gasteiger partial charge in [0.15, 0.2) is 5.82 Å². The topological polar surface area (TPSA) is 35.6 Å². The highest BCUT2D eigenvalue weighted by Gasteiger charge is 2.21. The average molecular weight is 765 g/mol. The predicted molar refractivity (Wildman–Crippen MR) is 250 cm³/mol. The largest absolute Gasteiger partial charge is 0.309 e. The molecule has 0 radical (unpaired) electrons. The average Bonchev–Trinajstić information content (AvgIpc) is 3.85. The van der Waals surface area contributed by atoms with Crippen molar-refractivity contribution in [2.45, 2.75) is 0 Å². The summed E-state index contributed by atoms with van der Waals surface area (Å²) in [4.78, 5) is 10.4. The Morgan fingerprint density at radius 2 is 0.800 bits per heavy atom. The predicted octanol–water partition coefficient (Wildman–Crippen LogP) is 14.5. The van der Waals surface area contributed by atoms with E-state index in [0.717, 1.165) is 50.2 Å². The van der Waals surface area contributed by atoms with Crippen molar-refractivity contribution in [1.82, 2.24) is 19.1 Å². The minimum atomic E-state index is 0.694. The molecule has 60 heavy (non-hydrogen) atoms. The molecule has 3 heterocycles. The van der Waals surface area contributed by atoms with Crippen molar-refractivity contribution in [3.8, 4) is 56.4 Å². The van der Waals surface area contributed by atoms with Gasteiger partial charge in [0, 0.05) is 49.3 Å². The first-order chi connectivity index (χ1) is 29.8. The summed E-state index contributed by atoms with van der Waals surface area (Å²) in [5.41, 5.74) is 14.3. The van der Waals surface area contributed by atoms with Crippen LogP contribution in [-0.2, 0) is 0 Å². The quantitative estimate of drug-likeness (QED) is 0.169. The molecule has 0 aliphatic rings. The minimum absolute atomic E-state index is 0.694. The highest BCUT2D eigenvalue weighted by atomic mass is 15.0. The van der Waals surface area contributed by atoms with Gasteiger partial charge in [-0.15, -0.1) is 0 Å². The van der Waals surface area contributed by atoms with Gasteiger partial charge in [-0.25, -0.2) is 9.97 Å². The van der Waals surface area contributed by atoms with E-state index in [1.165, 1.54) is 54.7 Å². The van der Waals surface area contributed by atoms with Gasteiger partial charge >= 0.3 is 0 Å². The molecule has 3 aromatic heterocycles. The lowest BCUT2D eigenvalue weighted by atomic mass is 10.0. The van der Waals surface area contributed by atoms with Crippen LogP contribution in [0.15, 0.2) is 218 Å². The van der Waals surface area contributed by atoms with Crippen LogP contribution >= 0.6 is 0 Å². The molecule has 0 bridgehead atoms. The van der Waals surface area contributed by atoms with Gasteiger partial charge in [-0.2, -0.15) is 0 Å². The summed E-state index contributed by atoms with van der Waals surface area (Å²) in [6.07, 6.45) is 0. The van der Waals surface area contributed by atoms with E-state index in [-0.39, 0.29) is 0 Å². The zero-order valence-electron chi connectivity index (χ0n) is 32.6. The van der Waals surface area contributed by atoms with Gasteiger partial charge in [-0.1, -0.05) is 164 Å². The molecule has 280 valence electrons. The van der Waals surface area contributed by atoms with E-state index >= 15 is 0 Å². The maximum atomic E-state index is 5.22. The van der Waals surface area contributed by atoms with Crippen LogP contribution in [0.25, 0.3) is 111 Å². The number of hydrogen-bond donors (Lipinski definition) is 0. The molecule has 9 aromatic carbocycles. The molecule has 0 amide bonds. The molecule has 0 spiro atoms. The molecule has 0 saturated carbocycles. The molecule has 4 nitrogen and oxygen atoms in total. The molecule has 12 rings (SSSR count). The molecular weight excluding hydrogens is 729 g/mol. The number of nitrogens with zero attached hydrogens (tertiary/aromatic N) is 4. The number of benzene rings is 9. The Labute approximate surface area is 346 Å². The summed E-state index contributed by atoms with van der Waals surface area (Å²) in [6, 6.07) is 77.8. The van der Waals surface area contributed by atoms with Crippen molar-refractivity contribution in [1.29, 1.82) is 0 Å². The van der Waals surface area contributed by atoms with Gasteiger partial charge < -0.3 is 9.13 Å². The third-order valence-electron chi connectivity index (χ3n) is 11.9. The summed E-state index contributed by atoms with van der Waals surface area (Å²) in [7, 11) is 0. The van der Waals surface area contributed by atoms with E-state index in [0.29, 0.717) is 5.82 Å². The highest BCUT2D eigenvalue weighted by molar-refractivity contribution is 6.29. The Kier molecular flexibility index (Phi) is 7.82. The van der Waals surface area contributed by atoms with E-state index in [4.69, 9.17) is 9.97 Å². The van der Waals surface area contributed by atoms with Crippen molar-refractivity contribution in [2.24, 2.45) is 0 Å². The fourth-order valence-electron chi connectivity index (χ4n) is 9.18. The number of para-hydroxylation sites is 3. The van der Waals surface area contributed by atoms with Crippen LogP contribution in [0.4, 0.5) is 0 Å². The summed E-state index contributed by atoms with van der Waals surface area (Å²) in [5, 5.41) is 7.30. The molecule has 0 saturated heterocycles. The van der Waals surface area contributed by atoms with Crippen LogP contribution < -0.4 is 0 Å². The van der Waals surface area contributed by atoms with Crippen molar-refractivity contribution in [3.05, 3.63) is 218 Å². The van der Waals surface area contributed by atoms with E-state index in [9.17, 15) is 0 Å². The fourth-order valence-corrected chi connectivity index (χ4v) is 9.18. The fraction of sp³-hybridized carbons (Fsp3) is 0. The molecule has 0 atom stereocenters. The van der Waals surface area contributed by atoms with Crippen LogP contribution in [0.2, 0.25) is 0 Å². The van der Waals surface area contributed by atoms with E-state index in [1.54, 1.807) is 0 Å². The van der Waals surface area contributed by atoms with Crippen LogP contribution in [-0.4, -0.2) is 19.1 Å². The number of aromatic nitrogens is 4. The maximum absolute atomic E-state index is 5.22. The second-order valence-corrected chi connectivity index (χ2v) is 15.4. The standard InChI is InChI=1S/C56H36N4/c1-4-15-37(16-5-1)38-27-29-40(30-28-38)48-36-47(39-17-6-2-7-18-39)57-56(58-48)42-31-32-44-41(35-42)19-14-26-49(44)60-51-25-13-11-23-46(51)55-53(60)34-33-52-54(55)45-22-10-12-24-50(45)59(52)43-20-8-3-9-21-43/h1-36H. The van der Waals surface area contributed by atoms with Gasteiger partial charge in [0.25, 0.3) is 0 Å². The lowest BCUT2D eigenvalue weighted by molar-refractivity contribution is 1.18. The Balaban J connectivity index is 1.03. The Hall–Kier alpha value is -8.08. The van der Waals surface area contributed by atoms with Crippen molar-refractivity contribution >= 4 is 54.4 Å². The SMILES string of the molecule is c1ccc(-c2ccc(-c3cc(-c4ccccc4)nc(-c4ccc5c(-n6c7ccccc7c7c8c9ccccc9n(-c9ccccc9)c8ccc76)cccc5c4)n3)cc2)cc1. The molecule has 0 unspecified atom stereocenters. The van der Waals surface area contributed by atoms with Gasteiger partial charge in [0.2, 0.25) is 0 Å². The molecule has 4 heteroatoms. The Bertz CT molecular complexity index is 3570. The van der Waals surface area contributed by atoms with E-state index in [1.807, 2.05) is 12.1 Å². The first-order valence-corrected chi connectivity index (χ1v) is 20.4. The molecule has 12 aromatic rings. The van der Waals surface area contributed by atoms with Gasteiger partial charge in [0.05, 0.1) is 39.1 Å². The van der Waals surface area contributed by atoms with E-state index < -0.39 is 0 Å². The van der Waals surface area contributed by atoms with Crippen molar-refractivity contribution in [2.75, 3.05) is 0 Å². The summed E-state index contributed by atoms with van der Waals surface area (Å²) >= 11 is 0. The molecule has 0 aliphatic carbocycles. The third kappa shape index (κ3) is 5.46. The van der Waals surface area contributed by atoms with Gasteiger partial charge in [0.1, 0.15) is 0 Å². The summed E-state index contributed by atoms with van der Waals surface area (Å²) in [6.45, 7) is 0. The zero-order chi connectivity index (χ0) is 39.6. The lowest BCUT2D eigenvalue weighted by Gasteiger charge is -2.14.